The second-order valence-corrected chi connectivity index (χ2v) is 16.4. The Morgan fingerprint density at radius 1 is 0.617 bits per heavy atom. The van der Waals surface area contributed by atoms with E-state index in [1.54, 1.807) is 22.7 Å². The van der Waals surface area contributed by atoms with E-state index in [0.717, 1.165) is 66.1 Å². The molecule has 4 aromatic heterocycles. The molecule has 0 amide bonds. The molecular weight excluding hydrogens is 637 g/mol. The van der Waals surface area contributed by atoms with Gasteiger partial charge in [-0.3, -0.25) is 5.14 Å². The highest BCUT2D eigenvalue weighted by Crippen LogP contribution is 2.48. The molecule has 0 aliphatic heterocycles. The minimum absolute atomic E-state index is 0.113. The van der Waals surface area contributed by atoms with E-state index in [4.69, 9.17) is 25.1 Å². The van der Waals surface area contributed by atoms with Crippen LogP contribution in [0.25, 0.3) is 53.4 Å². The maximum atomic E-state index is 5.84. The predicted molar refractivity (Wildman–Crippen MR) is 200 cm³/mol. The molecule has 2 aromatic carbocycles. The van der Waals surface area contributed by atoms with Crippen molar-refractivity contribution in [2.75, 3.05) is 0 Å². The number of aromatic nitrogens is 4. The van der Waals surface area contributed by atoms with E-state index >= 15 is 0 Å². The van der Waals surface area contributed by atoms with Gasteiger partial charge in [0.15, 0.2) is 11.6 Å². The summed E-state index contributed by atoms with van der Waals surface area (Å²) in [6, 6.07) is 21.7. The molecule has 0 bridgehead atoms. The second kappa shape index (κ2) is 12.2. The summed E-state index contributed by atoms with van der Waals surface area (Å²) in [5, 5.41) is 5.84. The van der Waals surface area contributed by atoms with E-state index in [-0.39, 0.29) is 10.8 Å². The topological polar surface area (TPSA) is 89.9 Å². The standard InChI is InChI=1S/C38H36N6S3/c1-37(2,3)27-11-7-22(8-12-27)25-18-40-35(41-19-25)31-16-24-15-30(44-47-39)29-17-32(46-34(29)33(24)45-31)36-42-20-26(21-43-36)23-9-13-28(14-10-23)38(4,5)6/h7-14,16-21H,15,39H2,1-6H3. The number of rotatable bonds is 5. The van der Waals surface area contributed by atoms with Crippen molar-refractivity contribution in [3.63, 3.8) is 0 Å². The van der Waals surface area contributed by atoms with Gasteiger partial charge >= 0.3 is 0 Å². The Hall–Kier alpha value is -4.02. The predicted octanol–water partition coefficient (Wildman–Crippen LogP) is 10.2. The number of nitrogens with zero attached hydrogens (tertiary/aromatic N) is 5. The summed E-state index contributed by atoms with van der Waals surface area (Å²) in [6.07, 6.45) is 8.35. The smallest absolute Gasteiger partial charge is 0.169 e. The lowest BCUT2D eigenvalue weighted by molar-refractivity contribution is 0.590. The highest BCUT2D eigenvalue weighted by Gasteiger charge is 2.28. The third kappa shape index (κ3) is 6.33. The van der Waals surface area contributed by atoms with Crippen molar-refractivity contribution in [2.24, 2.45) is 9.54 Å². The van der Waals surface area contributed by atoms with Crippen molar-refractivity contribution >= 4 is 40.5 Å². The lowest BCUT2D eigenvalue weighted by Gasteiger charge is -2.19. The number of nitrogens with two attached hydrogens (primary N) is 1. The maximum absolute atomic E-state index is 5.84. The zero-order chi connectivity index (χ0) is 32.9. The Kier molecular flexibility index (Phi) is 8.20. The largest absolute Gasteiger partial charge is 0.258 e. The van der Waals surface area contributed by atoms with E-state index in [1.807, 2.05) is 24.8 Å². The number of benzene rings is 2. The lowest BCUT2D eigenvalue weighted by atomic mass is 9.86. The van der Waals surface area contributed by atoms with Gasteiger partial charge in [-0.05, 0) is 50.8 Å². The molecule has 0 saturated carbocycles. The van der Waals surface area contributed by atoms with Crippen LogP contribution in [-0.4, -0.2) is 25.6 Å². The van der Waals surface area contributed by atoms with Crippen LogP contribution in [0.15, 0.2) is 89.8 Å². The van der Waals surface area contributed by atoms with Gasteiger partial charge in [0.25, 0.3) is 0 Å². The molecule has 0 spiro atoms. The van der Waals surface area contributed by atoms with Crippen molar-refractivity contribution in [3.8, 4) is 53.4 Å². The first-order chi connectivity index (χ1) is 22.5. The van der Waals surface area contributed by atoms with Gasteiger partial charge in [-0.2, -0.15) is 0 Å². The minimum Gasteiger partial charge on any atom is -0.258 e. The van der Waals surface area contributed by atoms with Gasteiger partial charge in [0.2, 0.25) is 0 Å². The van der Waals surface area contributed by atoms with Crippen molar-refractivity contribution in [1.82, 2.24) is 19.9 Å². The zero-order valence-electron chi connectivity index (χ0n) is 27.3. The summed E-state index contributed by atoms with van der Waals surface area (Å²) >= 11 is 4.41. The summed E-state index contributed by atoms with van der Waals surface area (Å²) in [6.45, 7) is 13.3. The average molecular weight is 673 g/mol. The van der Waals surface area contributed by atoms with Gasteiger partial charge in [0.05, 0.1) is 32.5 Å². The summed E-state index contributed by atoms with van der Waals surface area (Å²) in [4.78, 5) is 23.5. The van der Waals surface area contributed by atoms with E-state index in [1.165, 1.54) is 21.6 Å². The summed E-state index contributed by atoms with van der Waals surface area (Å²) in [5.74, 6) is 1.42. The van der Waals surface area contributed by atoms with Gasteiger partial charge in [0, 0.05) is 52.8 Å². The molecule has 6 aromatic rings. The lowest BCUT2D eigenvalue weighted by Crippen LogP contribution is -2.10. The fourth-order valence-corrected chi connectivity index (χ4v) is 8.43. The van der Waals surface area contributed by atoms with E-state index in [2.05, 4.69) is 107 Å². The highest BCUT2D eigenvalue weighted by atomic mass is 32.2. The maximum Gasteiger partial charge on any atom is 0.169 e. The molecule has 0 fully saturated rings. The molecule has 7 rings (SSSR count). The molecule has 9 heteroatoms. The third-order valence-corrected chi connectivity index (χ3v) is 11.3. The van der Waals surface area contributed by atoms with Crippen LogP contribution in [0.4, 0.5) is 0 Å². The Labute approximate surface area is 288 Å². The normalized spacial score (nSPS) is 13.9. The van der Waals surface area contributed by atoms with E-state index in [9.17, 15) is 0 Å². The molecule has 0 atom stereocenters. The van der Waals surface area contributed by atoms with Crippen LogP contribution >= 0.6 is 34.8 Å². The zero-order valence-corrected chi connectivity index (χ0v) is 29.8. The SMILES string of the molecule is CC(C)(C)c1ccc(-c2cnc(-c3cc4c(s3)-c3sc(-c5ncc(-c6ccc(C(C)(C)C)cc6)cn5)cc3C(=NSN)C4)nc2)cc1. The molecule has 47 heavy (non-hydrogen) atoms. The van der Waals surface area contributed by atoms with Crippen molar-refractivity contribution in [1.29, 1.82) is 0 Å². The average Bonchev–Trinajstić information content (AvgIpc) is 3.70. The van der Waals surface area contributed by atoms with Gasteiger partial charge in [-0.1, -0.05) is 90.1 Å². The van der Waals surface area contributed by atoms with Crippen LogP contribution in [0.1, 0.15) is 63.8 Å². The van der Waals surface area contributed by atoms with Gasteiger partial charge in [0.1, 0.15) is 0 Å². The van der Waals surface area contributed by atoms with Crippen molar-refractivity contribution in [2.45, 2.75) is 58.8 Å². The van der Waals surface area contributed by atoms with E-state index < -0.39 is 0 Å². The first kappa shape index (κ1) is 31.6. The van der Waals surface area contributed by atoms with Gasteiger partial charge in [-0.15, -0.1) is 22.7 Å². The van der Waals surface area contributed by atoms with Crippen LogP contribution in [0, 0.1) is 0 Å². The molecule has 236 valence electrons. The van der Waals surface area contributed by atoms with Crippen molar-refractivity contribution in [3.05, 3.63) is 108 Å². The number of hydrogen-bond acceptors (Lipinski definition) is 9. The van der Waals surface area contributed by atoms with Crippen LogP contribution in [0.3, 0.4) is 0 Å². The molecule has 6 nitrogen and oxygen atoms in total. The van der Waals surface area contributed by atoms with Crippen molar-refractivity contribution < 1.29 is 0 Å². The number of hydrogen-bond donors (Lipinski definition) is 1. The van der Waals surface area contributed by atoms with Crippen LogP contribution in [0.2, 0.25) is 0 Å². The number of thiophene rings is 2. The van der Waals surface area contributed by atoms with Gasteiger partial charge in [-0.25, -0.2) is 24.3 Å². The Morgan fingerprint density at radius 2 is 1.06 bits per heavy atom. The molecule has 4 heterocycles. The second-order valence-electron chi connectivity index (χ2n) is 13.9. The molecule has 1 aliphatic rings. The van der Waals surface area contributed by atoms with Crippen LogP contribution in [-0.2, 0) is 17.3 Å². The fourth-order valence-electron chi connectivity index (χ4n) is 5.70. The quantitative estimate of drug-likeness (QED) is 0.183. The number of fused-ring (bicyclic) bond motifs is 3. The summed E-state index contributed by atoms with van der Waals surface area (Å²) in [7, 11) is 0. The molecular formula is C38H36N6S3. The Bertz CT molecular complexity index is 2080. The van der Waals surface area contributed by atoms with Crippen LogP contribution < -0.4 is 5.14 Å². The molecule has 2 N–H and O–H groups in total. The monoisotopic (exact) mass is 672 g/mol. The summed E-state index contributed by atoms with van der Waals surface area (Å²) in [5.41, 5.74) is 10.3. The highest BCUT2D eigenvalue weighted by molar-refractivity contribution is 7.95. The third-order valence-electron chi connectivity index (χ3n) is 8.49. The van der Waals surface area contributed by atoms with Crippen LogP contribution in [0.5, 0.6) is 0 Å². The van der Waals surface area contributed by atoms with Gasteiger partial charge < -0.3 is 0 Å². The Balaban J connectivity index is 1.17. The molecule has 0 unspecified atom stereocenters. The fraction of sp³-hybridized carbons (Fsp3) is 0.237. The minimum atomic E-state index is 0.113. The molecule has 0 radical (unpaired) electrons. The summed E-state index contributed by atoms with van der Waals surface area (Å²) < 4.78 is 4.61. The van der Waals surface area contributed by atoms with E-state index in [0.29, 0.717) is 12.2 Å². The Morgan fingerprint density at radius 3 is 1.51 bits per heavy atom. The molecule has 0 saturated heterocycles. The molecule has 1 aliphatic carbocycles. The first-order valence-electron chi connectivity index (χ1n) is 15.5. The first-order valence-corrected chi connectivity index (χ1v) is 18.0.